The van der Waals surface area contributed by atoms with E-state index < -0.39 is 10.0 Å². The van der Waals surface area contributed by atoms with Gasteiger partial charge >= 0.3 is 0 Å². The number of methoxy groups -OCH3 is 1. The van der Waals surface area contributed by atoms with Crippen LogP contribution >= 0.6 is 0 Å². The minimum Gasteiger partial charge on any atom is -0.496 e. The van der Waals surface area contributed by atoms with Crippen LogP contribution in [-0.4, -0.2) is 45.9 Å². The summed E-state index contributed by atoms with van der Waals surface area (Å²) in [6.07, 6.45) is 0.738. The van der Waals surface area contributed by atoms with Crippen LogP contribution < -0.4 is 9.64 Å². The number of carbonyl (C=O) groups is 1. The largest absolute Gasteiger partial charge is 0.496 e. The molecule has 1 amide bonds. The number of sulfonamides is 1. The van der Waals surface area contributed by atoms with Crippen LogP contribution in [0.3, 0.4) is 0 Å². The predicted molar refractivity (Wildman–Crippen MR) is 116 cm³/mol. The highest BCUT2D eigenvalue weighted by Gasteiger charge is 2.37. The molecule has 2 aliphatic heterocycles. The highest BCUT2D eigenvalue weighted by Crippen LogP contribution is 2.41. The number of rotatable bonds is 4. The molecule has 0 bridgehead atoms. The van der Waals surface area contributed by atoms with E-state index in [4.69, 9.17) is 4.74 Å². The van der Waals surface area contributed by atoms with Crippen LogP contribution in [0, 0.1) is 0 Å². The Hall–Kier alpha value is -2.90. The number of amides is 1. The van der Waals surface area contributed by atoms with Gasteiger partial charge in [0.1, 0.15) is 5.75 Å². The number of para-hydroxylation sites is 1. The number of anilines is 1. The van der Waals surface area contributed by atoms with Gasteiger partial charge in [0.15, 0.2) is 0 Å². The average Bonchev–Trinajstić information content (AvgIpc) is 3.36. The maximum Gasteiger partial charge on any atom is 0.258 e. The number of hydrogen-bond donors (Lipinski definition) is 0. The summed E-state index contributed by atoms with van der Waals surface area (Å²) in [6, 6.07) is 16.4. The Morgan fingerprint density at radius 1 is 1.03 bits per heavy atom. The normalized spacial score (nSPS) is 19.1. The van der Waals surface area contributed by atoms with Crippen LogP contribution in [0.4, 0.5) is 5.69 Å². The zero-order valence-electron chi connectivity index (χ0n) is 16.8. The predicted octanol–water partition coefficient (Wildman–Crippen LogP) is 3.62. The summed E-state index contributed by atoms with van der Waals surface area (Å²) in [7, 11) is -0.360. The summed E-state index contributed by atoms with van der Waals surface area (Å²) in [4.78, 5) is 14.3. The van der Waals surface area contributed by atoms with Crippen molar-refractivity contribution in [2.75, 3.05) is 32.1 Å². The Morgan fingerprint density at radius 3 is 2.63 bits per heavy atom. The molecule has 0 saturated carbocycles. The quantitative estimate of drug-likeness (QED) is 0.644. The summed E-state index contributed by atoms with van der Waals surface area (Å²) >= 11 is 0. The Bertz CT molecular complexity index is 1290. The molecule has 1 atom stereocenters. The number of carbonyl (C=O) groups excluding carboxylic acids is 1. The molecular weight excluding hydrogens is 400 g/mol. The van der Waals surface area contributed by atoms with E-state index in [9.17, 15) is 13.2 Å². The molecule has 7 heteroatoms. The van der Waals surface area contributed by atoms with Crippen molar-refractivity contribution in [1.29, 1.82) is 0 Å². The molecule has 1 saturated heterocycles. The van der Waals surface area contributed by atoms with Crippen molar-refractivity contribution in [3.05, 3.63) is 65.7 Å². The highest BCUT2D eigenvalue weighted by molar-refractivity contribution is 7.89. The van der Waals surface area contributed by atoms with Crippen LogP contribution in [0.25, 0.3) is 10.8 Å². The first-order valence-electron chi connectivity index (χ1n) is 9.90. The lowest BCUT2D eigenvalue weighted by atomic mass is 9.97. The lowest BCUT2D eigenvalue weighted by Crippen LogP contribution is -2.29. The first-order chi connectivity index (χ1) is 14.4. The molecule has 0 unspecified atom stereocenters. The highest BCUT2D eigenvalue weighted by atomic mass is 32.2. The van der Waals surface area contributed by atoms with Crippen LogP contribution in [-0.2, 0) is 10.0 Å². The lowest BCUT2D eigenvalue weighted by molar-refractivity contribution is 0.0999. The summed E-state index contributed by atoms with van der Waals surface area (Å²) in [5.74, 6) is 0.761. The van der Waals surface area contributed by atoms with Crippen molar-refractivity contribution in [1.82, 2.24) is 4.31 Å². The second kappa shape index (κ2) is 6.82. The van der Waals surface area contributed by atoms with Crippen molar-refractivity contribution in [3.63, 3.8) is 0 Å². The third kappa shape index (κ3) is 2.66. The zero-order valence-corrected chi connectivity index (χ0v) is 17.6. The molecule has 30 heavy (non-hydrogen) atoms. The van der Waals surface area contributed by atoms with Crippen molar-refractivity contribution < 1.29 is 17.9 Å². The monoisotopic (exact) mass is 422 g/mol. The number of ether oxygens (including phenoxy) is 1. The maximum atomic E-state index is 13.6. The minimum absolute atomic E-state index is 0.0837. The van der Waals surface area contributed by atoms with Gasteiger partial charge in [0.2, 0.25) is 10.0 Å². The van der Waals surface area contributed by atoms with Gasteiger partial charge in [0.25, 0.3) is 5.91 Å². The Balaban J connectivity index is 1.55. The van der Waals surface area contributed by atoms with Crippen LogP contribution in [0.5, 0.6) is 5.75 Å². The Morgan fingerprint density at radius 2 is 1.83 bits per heavy atom. The molecule has 6 nitrogen and oxygen atoms in total. The fourth-order valence-electron chi connectivity index (χ4n) is 4.68. The first kappa shape index (κ1) is 19.1. The summed E-state index contributed by atoms with van der Waals surface area (Å²) in [5, 5.41) is 1.31. The van der Waals surface area contributed by atoms with Crippen molar-refractivity contribution in [2.24, 2.45) is 0 Å². The van der Waals surface area contributed by atoms with Gasteiger partial charge < -0.3 is 9.64 Å². The van der Waals surface area contributed by atoms with Gasteiger partial charge in [-0.05, 0) is 36.2 Å². The third-order valence-electron chi connectivity index (χ3n) is 6.22. The van der Waals surface area contributed by atoms with Crippen LogP contribution in [0.15, 0.2) is 59.5 Å². The number of benzene rings is 3. The first-order valence-corrected chi connectivity index (χ1v) is 11.3. The second-order valence-corrected chi connectivity index (χ2v) is 9.67. The molecular formula is C23H22N2O4S. The van der Waals surface area contributed by atoms with Gasteiger partial charge in [-0.1, -0.05) is 30.3 Å². The molecule has 154 valence electrons. The van der Waals surface area contributed by atoms with E-state index >= 15 is 0 Å². The third-order valence-corrected chi connectivity index (χ3v) is 8.15. The molecule has 2 aliphatic rings. The zero-order chi connectivity index (χ0) is 21.0. The van der Waals surface area contributed by atoms with Gasteiger partial charge in [-0.25, -0.2) is 8.42 Å². The smallest absolute Gasteiger partial charge is 0.258 e. The Kier molecular flexibility index (Phi) is 4.34. The van der Waals surface area contributed by atoms with Gasteiger partial charge in [-0.3, -0.25) is 4.79 Å². The van der Waals surface area contributed by atoms with Crippen LogP contribution in [0.2, 0.25) is 0 Å². The van der Waals surface area contributed by atoms with E-state index in [-0.39, 0.29) is 16.7 Å². The summed E-state index contributed by atoms with van der Waals surface area (Å²) in [6.45, 7) is 0.858. The summed E-state index contributed by atoms with van der Waals surface area (Å²) in [5.41, 5.74) is 2.33. The fourth-order valence-corrected chi connectivity index (χ4v) is 6.37. The van der Waals surface area contributed by atoms with Crippen LogP contribution in [0.1, 0.15) is 28.3 Å². The molecule has 0 N–H and O–H groups in total. The van der Waals surface area contributed by atoms with Gasteiger partial charge in [0.05, 0.1) is 17.7 Å². The van der Waals surface area contributed by atoms with E-state index in [0.717, 1.165) is 23.4 Å². The van der Waals surface area contributed by atoms with Gasteiger partial charge in [0, 0.05) is 42.4 Å². The molecule has 3 aromatic carbocycles. The number of nitrogens with zero attached hydrogens (tertiary/aromatic N) is 2. The van der Waals surface area contributed by atoms with E-state index in [2.05, 4.69) is 0 Å². The molecule has 5 rings (SSSR count). The standard InChI is InChI=1S/C23H22N2O4S/c1-24-19-10-11-21(17-7-5-8-18(22(17)19)23(24)26)30(27,28)25-13-12-15(14-25)16-6-3-4-9-20(16)29-2/h3-11,15H,12-14H2,1-2H3/t15-/m1/s1. The molecule has 0 aromatic heterocycles. The topological polar surface area (TPSA) is 66.9 Å². The van der Waals surface area contributed by atoms with Gasteiger partial charge in [-0.15, -0.1) is 0 Å². The van der Waals surface area contributed by atoms with Crippen molar-refractivity contribution in [3.8, 4) is 5.75 Å². The molecule has 2 heterocycles. The average molecular weight is 423 g/mol. The minimum atomic E-state index is -3.70. The van der Waals surface area contributed by atoms with Crippen molar-refractivity contribution >= 4 is 32.4 Å². The van der Waals surface area contributed by atoms with E-state index in [1.165, 1.54) is 0 Å². The second-order valence-electron chi connectivity index (χ2n) is 7.77. The summed E-state index contributed by atoms with van der Waals surface area (Å²) < 4.78 is 34.2. The Labute approximate surface area is 175 Å². The number of hydrogen-bond acceptors (Lipinski definition) is 4. The fraction of sp³-hybridized carbons (Fsp3) is 0.261. The molecule has 1 fully saturated rings. The van der Waals surface area contributed by atoms with Gasteiger partial charge in [-0.2, -0.15) is 4.31 Å². The molecule has 0 radical (unpaired) electrons. The molecule has 3 aromatic rings. The van der Waals surface area contributed by atoms with E-state index in [1.54, 1.807) is 53.7 Å². The van der Waals surface area contributed by atoms with E-state index in [0.29, 0.717) is 29.4 Å². The lowest BCUT2D eigenvalue weighted by Gasteiger charge is -2.19. The van der Waals surface area contributed by atoms with Crippen molar-refractivity contribution in [2.45, 2.75) is 17.2 Å². The van der Waals surface area contributed by atoms with E-state index in [1.807, 2.05) is 24.3 Å². The SMILES string of the molecule is COc1ccccc1[C@@H]1CCN(S(=O)(=O)c2ccc3c4c(cccc24)C(=O)N3C)C1. The molecule has 0 aliphatic carbocycles. The maximum absolute atomic E-state index is 13.6. The molecule has 0 spiro atoms.